The smallest absolute Gasteiger partial charge is 0.120 e. The molecule has 0 saturated heterocycles. The Morgan fingerprint density at radius 2 is 1.80 bits per heavy atom. The van der Waals surface area contributed by atoms with Crippen molar-refractivity contribution in [3.63, 3.8) is 0 Å². The summed E-state index contributed by atoms with van der Waals surface area (Å²) in [5.74, 6) is 0.886. The van der Waals surface area contributed by atoms with Crippen molar-refractivity contribution in [2.24, 2.45) is 0 Å². The van der Waals surface area contributed by atoms with Gasteiger partial charge in [0.25, 0.3) is 0 Å². The van der Waals surface area contributed by atoms with Gasteiger partial charge in [0.05, 0.1) is 6.10 Å². The van der Waals surface area contributed by atoms with E-state index in [0.29, 0.717) is 6.61 Å². The van der Waals surface area contributed by atoms with Crippen LogP contribution in [0.25, 0.3) is 0 Å². The first-order valence-corrected chi connectivity index (χ1v) is 6.99. The summed E-state index contributed by atoms with van der Waals surface area (Å²) in [6.07, 6.45) is -0.271. The third kappa shape index (κ3) is 5.03. The summed E-state index contributed by atoms with van der Waals surface area (Å²) >= 11 is 0. The molecule has 0 fully saturated rings. The number of nitrogens with two attached hydrogens (primary N) is 1. The van der Waals surface area contributed by atoms with Gasteiger partial charge in [0.1, 0.15) is 25.4 Å². The molecule has 0 saturated carbocycles. The van der Waals surface area contributed by atoms with Crippen LogP contribution >= 0.6 is 0 Å². The van der Waals surface area contributed by atoms with Crippen LogP contribution in [0.3, 0.4) is 0 Å². The van der Waals surface area contributed by atoms with Gasteiger partial charge < -0.3 is 15.2 Å². The van der Waals surface area contributed by atoms with Crippen molar-refractivity contribution in [2.75, 3.05) is 6.54 Å². The molecule has 3 nitrogen and oxygen atoms in total. The van der Waals surface area contributed by atoms with E-state index in [1.54, 1.807) is 6.92 Å². The van der Waals surface area contributed by atoms with E-state index in [-0.39, 0.29) is 6.10 Å². The molecule has 2 aromatic carbocycles. The van der Waals surface area contributed by atoms with Crippen molar-refractivity contribution in [1.29, 1.82) is 0 Å². The Morgan fingerprint density at radius 3 is 2.55 bits per heavy atom. The summed E-state index contributed by atoms with van der Waals surface area (Å²) in [5.41, 5.74) is 2.37. The molecular weight excluding hydrogens is 250 g/mol. The zero-order valence-corrected chi connectivity index (χ0v) is 11.8. The Balaban J connectivity index is 1.86. The lowest BCUT2D eigenvalue weighted by Crippen LogP contribution is -2.84. The minimum Gasteiger partial charge on any atom is -0.489 e. The molecule has 0 aromatic heterocycles. The van der Waals surface area contributed by atoms with Crippen LogP contribution in [0.1, 0.15) is 18.1 Å². The van der Waals surface area contributed by atoms with Gasteiger partial charge in [0.15, 0.2) is 0 Å². The Kier molecular flexibility index (Phi) is 5.59. The number of benzene rings is 2. The average Bonchev–Trinajstić information content (AvgIpc) is 2.46. The van der Waals surface area contributed by atoms with Crippen molar-refractivity contribution in [2.45, 2.75) is 26.2 Å². The summed E-state index contributed by atoms with van der Waals surface area (Å²) in [7, 11) is 0. The van der Waals surface area contributed by atoms with E-state index < -0.39 is 0 Å². The van der Waals surface area contributed by atoms with Gasteiger partial charge in [-0.3, -0.25) is 0 Å². The highest BCUT2D eigenvalue weighted by Crippen LogP contribution is 2.14. The molecule has 0 radical (unpaired) electrons. The molecule has 2 rings (SSSR count). The Labute approximate surface area is 120 Å². The molecule has 0 unspecified atom stereocenters. The van der Waals surface area contributed by atoms with E-state index in [0.717, 1.165) is 18.8 Å². The van der Waals surface area contributed by atoms with Crippen LogP contribution in [-0.2, 0) is 13.2 Å². The minimum atomic E-state index is -0.271. The summed E-state index contributed by atoms with van der Waals surface area (Å²) in [6.45, 7) is 3.96. The highest BCUT2D eigenvalue weighted by Gasteiger charge is 2.02. The van der Waals surface area contributed by atoms with Crippen LogP contribution < -0.4 is 10.1 Å². The van der Waals surface area contributed by atoms with Crippen LogP contribution in [0.4, 0.5) is 0 Å². The number of ether oxygens (including phenoxy) is 1. The monoisotopic (exact) mass is 272 g/mol. The maximum atomic E-state index is 9.24. The fraction of sp³-hybridized carbons (Fsp3) is 0.294. The van der Waals surface area contributed by atoms with E-state index in [4.69, 9.17) is 4.74 Å². The van der Waals surface area contributed by atoms with Gasteiger partial charge in [-0.1, -0.05) is 42.5 Å². The maximum absolute atomic E-state index is 9.24. The third-order valence-electron chi connectivity index (χ3n) is 3.03. The zero-order chi connectivity index (χ0) is 14.2. The third-order valence-corrected chi connectivity index (χ3v) is 3.03. The first-order valence-electron chi connectivity index (χ1n) is 6.99. The zero-order valence-electron chi connectivity index (χ0n) is 11.8. The molecule has 3 N–H and O–H groups in total. The van der Waals surface area contributed by atoms with Crippen molar-refractivity contribution >= 4 is 0 Å². The van der Waals surface area contributed by atoms with E-state index >= 15 is 0 Å². The highest BCUT2D eigenvalue weighted by atomic mass is 16.5. The molecule has 106 valence electrons. The van der Waals surface area contributed by atoms with Crippen LogP contribution in [0.5, 0.6) is 5.75 Å². The van der Waals surface area contributed by atoms with Crippen LogP contribution in [0, 0.1) is 0 Å². The van der Waals surface area contributed by atoms with Gasteiger partial charge in [0.2, 0.25) is 0 Å². The molecule has 2 aromatic rings. The molecule has 0 aliphatic carbocycles. The topological polar surface area (TPSA) is 46.1 Å². The van der Waals surface area contributed by atoms with Crippen molar-refractivity contribution < 1.29 is 15.2 Å². The molecule has 0 heterocycles. The fourth-order valence-corrected chi connectivity index (χ4v) is 1.99. The number of quaternary nitrogens is 1. The summed E-state index contributed by atoms with van der Waals surface area (Å²) < 4.78 is 5.80. The molecule has 0 amide bonds. The normalized spacial score (nSPS) is 12.1. The van der Waals surface area contributed by atoms with Crippen LogP contribution in [-0.4, -0.2) is 17.8 Å². The van der Waals surface area contributed by atoms with Gasteiger partial charge in [-0.05, 0) is 24.6 Å². The lowest BCUT2D eigenvalue weighted by Gasteiger charge is -2.08. The Bertz CT molecular complexity index is 511. The standard InChI is InChI=1S/C17H21NO2/c1-14(19)11-18-12-16-8-5-9-17(10-16)20-13-15-6-3-2-4-7-15/h2-10,14,18-19H,11-13H2,1H3/p+1/t14-/m1/s1. The lowest BCUT2D eigenvalue weighted by molar-refractivity contribution is -0.676. The van der Waals surface area contributed by atoms with Gasteiger partial charge >= 0.3 is 0 Å². The van der Waals surface area contributed by atoms with Crippen molar-refractivity contribution in [3.8, 4) is 5.75 Å². The summed E-state index contributed by atoms with van der Waals surface area (Å²) in [4.78, 5) is 0. The highest BCUT2D eigenvalue weighted by molar-refractivity contribution is 5.28. The van der Waals surface area contributed by atoms with Gasteiger partial charge in [-0.15, -0.1) is 0 Å². The van der Waals surface area contributed by atoms with E-state index in [2.05, 4.69) is 29.6 Å². The molecule has 0 spiro atoms. The Hall–Kier alpha value is -1.84. The largest absolute Gasteiger partial charge is 0.489 e. The quantitative estimate of drug-likeness (QED) is 0.806. The average molecular weight is 272 g/mol. The van der Waals surface area contributed by atoms with E-state index in [9.17, 15) is 5.11 Å². The molecule has 1 atom stereocenters. The second-order valence-corrected chi connectivity index (χ2v) is 5.00. The second kappa shape index (κ2) is 7.68. The molecule has 0 bridgehead atoms. The van der Waals surface area contributed by atoms with E-state index in [1.807, 2.05) is 30.3 Å². The van der Waals surface area contributed by atoms with Crippen molar-refractivity contribution in [3.05, 3.63) is 65.7 Å². The first kappa shape index (κ1) is 14.6. The van der Waals surface area contributed by atoms with Crippen LogP contribution in [0.15, 0.2) is 54.6 Å². The maximum Gasteiger partial charge on any atom is 0.120 e. The van der Waals surface area contributed by atoms with Gasteiger partial charge in [0, 0.05) is 5.56 Å². The number of hydrogen-bond donors (Lipinski definition) is 2. The lowest BCUT2D eigenvalue weighted by atomic mass is 10.2. The predicted molar refractivity (Wildman–Crippen MR) is 79.4 cm³/mol. The van der Waals surface area contributed by atoms with Gasteiger partial charge in [-0.2, -0.15) is 0 Å². The molecule has 20 heavy (non-hydrogen) atoms. The van der Waals surface area contributed by atoms with Gasteiger partial charge in [-0.25, -0.2) is 0 Å². The molecule has 0 aliphatic heterocycles. The van der Waals surface area contributed by atoms with E-state index in [1.165, 1.54) is 11.1 Å². The SMILES string of the molecule is C[C@@H](O)C[NH2+]Cc1cccc(OCc2ccccc2)c1. The second-order valence-electron chi connectivity index (χ2n) is 5.00. The molecular formula is C17H22NO2+. The predicted octanol–water partition coefficient (Wildman–Crippen LogP) is 1.71. The summed E-state index contributed by atoms with van der Waals surface area (Å²) in [5, 5.41) is 11.3. The van der Waals surface area contributed by atoms with Crippen LogP contribution in [0.2, 0.25) is 0 Å². The Morgan fingerprint density at radius 1 is 1.05 bits per heavy atom. The number of aliphatic hydroxyl groups is 1. The number of aliphatic hydroxyl groups excluding tert-OH is 1. The number of hydrogen-bond acceptors (Lipinski definition) is 2. The molecule has 3 heteroatoms. The fourth-order valence-electron chi connectivity index (χ4n) is 1.99. The molecule has 0 aliphatic rings. The first-order chi connectivity index (χ1) is 9.74. The minimum absolute atomic E-state index is 0.271. The summed E-state index contributed by atoms with van der Waals surface area (Å²) in [6, 6.07) is 18.3. The van der Waals surface area contributed by atoms with Crippen molar-refractivity contribution in [1.82, 2.24) is 0 Å². The number of rotatable bonds is 7.